The Labute approximate surface area is 190 Å². The topological polar surface area (TPSA) is 69.7 Å². The third-order valence-corrected chi connectivity index (χ3v) is 6.32. The number of nitrogens with one attached hydrogen (secondary N) is 1. The van der Waals surface area contributed by atoms with E-state index in [9.17, 15) is 14.4 Å². The lowest BCUT2D eigenvalue weighted by atomic mass is 9.92. The molecule has 32 heavy (non-hydrogen) atoms. The first-order valence-electron chi connectivity index (χ1n) is 11.5. The van der Waals surface area contributed by atoms with E-state index in [0.29, 0.717) is 37.3 Å². The van der Waals surface area contributed by atoms with Crippen molar-refractivity contribution >= 4 is 23.4 Å². The fraction of sp³-hybridized carbons (Fsp3) is 0.423. The maximum absolute atomic E-state index is 13.2. The summed E-state index contributed by atoms with van der Waals surface area (Å²) in [6.45, 7) is 9.53. The van der Waals surface area contributed by atoms with Crippen LogP contribution >= 0.6 is 0 Å². The van der Waals surface area contributed by atoms with Crippen molar-refractivity contribution in [2.75, 3.05) is 18.4 Å². The van der Waals surface area contributed by atoms with Crippen molar-refractivity contribution in [3.63, 3.8) is 0 Å². The number of hydrogen-bond acceptors (Lipinski definition) is 3. The summed E-state index contributed by atoms with van der Waals surface area (Å²) in [5.74, 6) is -0.371. The Morgan fingerprint density at radius 2 is 1.62 bits per heavy atom. The number of rotatable bonds is 7. The van der Waals surface area contributed by atoms with Crippen LogP contribution in [0.15, 0.2) is 48.5 Å². The lowest BCUT2D eigenvalue weighted by molar-refractivity contribution is -0.143. The Morgan fingerprint density at radius 1 is 1.00 bits per heavy atom. The van der Waals surface area contributed by atoms with Crippen molar-refractivity contribution in [1.29, 1.82) is 0 Å². The molecular weight excluding hydrogens is 402 g/mol. The minimum absolute atomic E-state index is 0.00215. The predicted molar refractivity (Wildman–Crippen MR) is 126 cm³/mol. The van der Waals surface area contributed by atoms with Gasteiger partial charge in [-0.2, -0.15) is 0 Å². The van der Waals surface area contributed by atoms with Gasteiger partial charge in [-0.25, -0.2) is 0 Å². The highest BCUT2D eigenvalue weighted by atomic mass is 16.2. The number of amides is 3. The van der Waals surface area contributed by atoms with Gasteiger partial charge in [0.2, 0.25) is 11.8 Å². The quantitative estimate of drug-likeness (QED) is 0.712. The summed E-state index contributed by atoms with van der Waals surface area (Å²) < 4.78 is 0. The Morgan fingerprint density at radius 3 is 2.22 bits per heavy atom. The largest absolute Gasteiger partial charge is 0.339 e. The van der Waals surface area contributed by atoms with Gasteiger partial charge >= 0.3 is 0 Å². The van der Waals surface area contributed by atoms with Crippen LogP contribution in [0.5, 0.6) is 0 Å². The molecule has 0 spiro atoms. The first-order valence-corrected chi connectivity index (χ1v) is 11.5. The van der Waals surface area contributed by atoms with Gasteiger partial charge in [0.15, 0.2) is 0 Å². The molecule has 0 radical (unpaired) electrons. The highest BCUT2D eigenvalue weighted by Crippen LogP contribution is 2.26. The van der Waals surface area contributed by atoms with Crippen molar-refractivity contribution in [2.45, 2.75) is 53.1 Å². The summed E-state index contributed by atoms with van der Waals surface area (Å²) in [7, 11) is 0. The highest BCUT2D eigenvalue weighted by Gasteiger charge is 2.35. The van der Waals surface area contributed by atoms with E-state index in [2.05, 4.69) is 5.32 Å². The summed E-state index contributed by atoms with van der Waals surface area (Å²) >= 11 is 0. The Hall–Kier alpha value is -3.15. The van der Waals surface area contributed by atoms with Crippen molar-refractivity contribution in [3.8, 4) is 0 Å². The SMILES string of the molecule is CC[C@@H](C)C(=O)N1Cc2ccccc2C[C@@H]1C(=O)Nc1ccc(C(=O)N(CC)CC)cc1. The van der Waals surface area contributed by atoms with Crippen LogP contribution in [0.25, 0.3) is 0 Å². The number of carbonyl (C=O) groups excluding carboxylic acids is 3. The minimum atomic E-state index is -0.566. The number of carbonyl (C=O) groups is 3. The maximum Gasteiger partial charge on any atom is 0.253 e. The van der Waals surface area contributed by atoms with Crippen molar-refractivity contribution < 1.29 is 14.4 Å². The van der Waals surface area contributed by atoms with Crippen molar-refractivity contribution in [3.05, 3.63) is 65.2 Å². The second-order valence-corrected chi connectivity index (χ2v) is 8.31. The van der Waals surface area contributed by atoms with Crippen molar-refractivity contribution in [2.24, 2.45) is 5.92 Å². The lowest BCUT2D eigenvalue weighted by Crippen LogP contribution is -2.52. The van der Waals surface area contributed by atoms with Gasteiger partial charge in [-0.15, -0.1) is 0 Å². The van der Waals surface area contributed by atoms with Gasteiger partial charge < -0.3 is 15.1 Å². The van der Waals surface area contributed by atoms with Gasteiger partial charge in [0.1, 0.15) is 6.04 Å². The van der Waals surface area contributed by atoms with Gasteiger partial charge in [0.25, 0.3) is 5.91 Å². The number of anilines is 1. The molecule has 3 rings (SSSR count). The van der Waals surface area contributed by atoms with Crippen LogP contribution in [0, 0.1) is 5.92 Å². The Bertz CT molecular complexity index is 967. The predicted octanol–water partition coefficient (Wildman–Crippen LogP) is 4.11. The molecular formula is C26H33N3O3. The molecule has 0 fully saturated rings. The summed E-state index contributed by atoms with van der Waals surface area (Å²) in [4.78, 5) is 42.3. The minimum Gasteiger partial charge on any atom is -0.339 e. The zero-order valence-electron chi connectivity index (χ0n) is 19.4. The van der Waals surface area contributed by atoms with Gasteiger partial charge in [0.05, 0.1) is 0 Å². The molecule has 0 aromatic heterocycles. The van der Waals surface area contributed by atoms with Gasteiger partial charge in [-0.1, -0.05) is 38.1 Å². The van der Waals surface area contributed by atoms with E-state index < -0.39 is 6.04 Å². The zero-order valence-corrected chi connectivity index (χ0v) is 19.4. The smallest absolute Gasteiger partial charge is 0.253 e. The van der Waals surface area contributed by atoms with Crippen LogP contribution in [0.1, 0.15) is 55.6 Å². The van der Waals surface area contributed by atoms with Crippen LogP contribution in [0.3, 0.4) is 0 Å². The standard InChI is InChI=1S/C26H33N3O3/c1-5-18(4)25(31)29-17-21-11-9-8-10-20(21)16-23(29)24(30)27-22-14-12-19(13-15-22)26(32)28(6-2)7-3/h8-15,18,23H,5-7,16-17H2,1-4H3,(H,27,30)/t18-,23-/m1/s1. The fourth-order valence-electron chi connectivity index (χ4n) is 4.06. The first kappa shape index (κ1) is 23.5. The van der Waals surface area contributed by atoms with Crippen LogP contribution in [-0.4, -0.2) is 46.7 Å². The average Bonchev–Trinajstić information content (AvgIpc) is 2.83. The van der Waals surface area contributed by atoms with E-state index in [1.54, 1.807) is 34.1 Å². The Kier molecular flexibility index (Phi) is 7.67. The molecule has 0 bridgehead atoms. The summed E-state index contributed by atoms with van der Waals surface area (Å²) in [6, 6.07) is 14.3. The fourth-order valence-corrected chi connectivity index (χ4v) is 4.06. The molecule has 6 heteroatoms. The first-order chi connectivity index (χ1) is 15.4. The average molecular weight is 436 g/mol. The van der Waals surface area contributed by atoms with E-state index in [4.69, 9.17) is 0 Å². The molecule has 1 N–H and O–H groups in total. The van der Waals surface area contributed by atoms with E-state index in [1.165, 1.54) is 0 Å². The molecule has 1 heterocycles. The Balaban J connectivity index is 1.78. The molecule has 6 nitrogen and oxygen atoms in total. The number of fused-ring (bicyclic) bond motifs is 1. The van der Waals surface area contributed by atoms with Crippen LogP contribution in [-0.2, 0) is 22.6 Å². The van der Waals surface area contributed by atoms with Crippen LogP contribution < -0.4 is 5.32 Å². The molecule has 0 aliphatic carbocycles. The third-order valence-electron chi connectivity index (χ3n) is 6.32. The van der Waals surface area contributed by atoms with Crippen LogP contribution in [0.4, 0.5) is 5.69 Å². The lowest BCUT2D eigenvalue weighted by Gasteiger charge is -2.37. The van der Waals surface area contributed by atoms with Gasteiger partial charge in [-0.05, 0) is 55.7 Å². The summed E-state index contributed by atoms with van der Waals surface area (Å²) in [5.41, 5.74) is 3.39. The zero-order chi connectivity index (χ0) is 23.3. The molecule has 2 atom stereocenters. The molecule has 2 aromatic rings. The second kappa shape index (κ2) is 10.4. The highest BCUT2D eigenvalue weighted by molar-refractivity contribution is 5.99. The van der Waals surface area contributed by atoms with E-state index in [-0.39, 0.29) is 23.6 Å². The summed E-state index contributed by atoms with van der Waals surface area (Å²) in [5, 5.41) is 2.95. The number of hydrogen-bond donors (Lipinski definition) is 1. The molecule has 170 valence electrons. The number of nitrogens with zero attached hydrogens (tertiary/aromatic N) is 2. The number of benzene rings is 2. The monoisotopic (exact) mass is 435 g/mol. The molecule has 2 aromatic carbocycles. The molecule has 0 unspecified atom stereocenters. The molecule has 1 aliphatic heterocycles. The molecule has 1 aliphatic rings. The van der Waals surface area contributed by atoms with Crippen LogP contribution in [0.2, 0.25) is 0 Å². The van der Waals surface area contributed by atoms with Gasteiger partial charge in [-0.3, -0.25) is 14.4 Å². The third kappa shape index (κ3) is 5.01. The van der Waals surface area contributed by atoms with E-state index in [1.807, 2.05) is 52.0 Å². The molecule has 3 amide bonds. The van der Waals surface area contributed by atoms with E-state index in [0.717, 1.165) is 17.5 Å². The summed E-state index contributed by atoms with van der Waals surface area (Å²) in [6.07, 6.45) is 1.22. The normalized spacial score (nSPS) is 16.1. The molecule has 0 saturated carbocycles. The van der Waals surface area contributed by atoms with Crippen molar-refractivity contribution in [1.82, 2.24) is 9.80 Å². The maximum atomic E-state index is 13.2. The molecule has 0 saturated heterocycles. The van der Waals surface area contributed by atoms with Gasteiger partial charge in [0, 0.05) is 43.2 Å². The second-order valence-electron chi connectivity index (χ2n) is 8.31. The van der Waals surface area contributed by atoms with E-state index >= 15 is 0 Å².